The van der Waals surface area contributed by atoms with Crippen LogP contribution in [0.3, 0.4) is 0 Å². The van der Waals surface area contributed by atoms with Crippen LogP contribution in [0, 0.1) is 17.8 Å². The van der Waals surface area contributed by atoms with E-state index in [2.05, 4.69) is 24.1 Å². The van der Waals surface area contributed by atoms with Gasteiger partial charge < -0.3 is 24.3 Å². The summed E-state index contributed by atoms with van der Waals surface area (Å²) >= 11 is 0. The normalized spacial score (nSPS) is 26.1. The summed E-state index contributed by atoms with van der Waals surface area (Å²) in [5, 5.41) is 2.90. The number of fused-ring (bicyclic) bond motifs is 1. The molecule has 0 spiro atoms. The number of nitrogens with zero attached hydrogens (tertiary/aromatic N) is 3. The fourth-order valence-electron chi connectivity index (χ4n) is 5.95. The first-order valence-electron chi connectivity index (χ1n) is 13.6. The van der Waals surface area contributed by atoms with E-state index in [1.807, 2.05) is 11.8 Å². The predicted octanol–water partition coefficient (Wildman–Crippen LogP) is 2.58. The van der Waals surface area contributed by atoms with E-state index in [9.17, 15) is 14.4 Å². The molecule has 0 saturated carbocycles. The Morgan fingerprint density at radius 2 is 1.89 bits per heavy atom. The molecule has 1 aromatic heterocycles. The molecule has 0 bridgehead atoms. The lowest BCUT2D eigenvalue weighted by molar-refractivity contribution is -0.148. The first-order chi connectivity index (χ1) is 17.4. The van der Waals surface area contributed by atoms with Crippen LogP contribution in [-0.2, 0) is 14.3 Å². The first kappa shape index (κ1) is 26.7. The Balaban J connectivity index is 1.62. The molecule has 9 heteroatoms. The molecule has 3 aliphatic rings. The Kier molecular flexibility index (Phi) is 9.06. The second-order valence-electron chi connectivity index (χ2n) is 11.0. The van der Waals surface area contributed by atoms with Crippen molar-refractivity contribution >= 4 is 17.7 Å². The average Bonchev–Trinajstić information content (AvgIpc) is 3.32. The number of hydrogen-bond acceptors (Lipinski definition) is 6. The minimum atomic E-state index is -0.749. The Labute approximate surface area is 214 Å². The van der Waals surface area contributed by atoms with Gasteiger partial charge in [0.05, 0.1) is 12.8 Å². The molecule has 1 unspecified atom stereocenters. The molecule has 36 heavy (non-hydrogen) atoms. The zero-order valence-corrected chi connectivity index (χ0v) is 22.0. The van der Waals surface area contributed by atoms with Gasteiger partial charge in [0.2, 0.25) is 11.8 Å². The molecule has 4 heterocycles. The van der Waals surface area contributed by atoms with Crippen molar-refractivity contribution in [1.29, 1.82) is 0 Å². The van der Waals surface area contributed by atoms with E-state index in [4.69, 9.17) is 9.15 Å². The van der Waals surface area contributed by atoms with Gasteiger partial charge in [0.25, 0.3) is 5.91 Å². The minimum Gasteiger partial charge on any atom is -0.459 e. The van der Waals surface area contributed by atoms with Gasteiger partial charge in [-0.05, 0) is 55.6 Å². The van der Waals surface area contributed by atoms with Crippen LogP contribution in [0.2, 0.25) is 0 Å². The second-order valence-corrected chi connectivity index (χ2v) is 11.0. The maximum atomic E-state index is 13.7. The number of hydrogen-bond donors (Lipinski definition) is 1. The maximum absolute atomic E-state index is 13.7. The third-order valence-electron chi connectivity index (χ3n) is 7.54. The van der Waals surface area contributed by atoms with Gasteiger partial charge in [-0.2, -0.15) is 0 Å². The molecular weight excluding hydrogens is 460 g/mol. The van der Waals surface area contributed by atoms with Gasteiger partial charge in [-0.15, -0.1) is 0 Å². The SMILES string of the molecule is CCCC(=O)N[C@H]1CN(C(=O)c2ccco2)C2CN(CC3CCOCC3)C[C@H](CC(C)C)CN2C1=O. The van der Waals surface area contributed by atoms with Crippen molar-refractivity contribution in [2.75, 3.05) is 45.9 Å². The van der Waals surface area contributed by atoms with E-state index >= 15 is 0 Å². The molecule has 3 fully saturated rings. The van der Waals surface area contributed by atoms with Crippen LogP contribution in [0.4, 0.5) is 0 Å². The van der Waals surface area contributed by atoms with Crippen LogP contribution in [0.5, 0.6) is 0 Å². The van der Waals surface area contributed by atoms with Crippen LogP contribution in [0.1, 0.15) is 63.4 Å². The zero-order chi connectivity index (χ0) is 25.7. The van der Waals surface area contributed by atoms with Gasteiger partial charge in [-0.3, -0.25) is 19.3 Å². The summed E-state index contributed by atoms with van der Waals surface area (Å²) in [7, 11) is 0. The second kappa shape index (κ2) is 12.2. The first-order valence-corrected chi connectivity index (χ1v) is 13.6. The zero-order valence-electron chi connectivity index (χ0n) is 22.0. The summed E-state index contributed by atoms with van der Waals surface area (Å²) in [4.78, 5) is 45.9. The minimum absolute atomic E-state index is 0.0883. The monoisotopic (exact) mass is 502 g/mol. The van der Waals surface area contributed by atoms with Crippen LogP contribution in [-0.4, -0.2) is 90.6 Å². The molecule has 3 aliphatic heterocycles. The van der Waals surface area contributed by atoms with E-state index in [1.54, 1.807) is 17.0 Å². The van der Waals surface area contributed by atoms with Gasteiger partial charge in [-0.1, -0.05) is 20.8 Å². The standard InChI is InChI=1S/C27H42N4O5/c1-4-6-24(32)28-22-17-31(27(34)23-7-5-10-36-23)25-18-29(14-20-8-11-35-12-9-20)15-21(13-19(2)3)16-30(25)26(22)33/h5,7,10,19-22,25H,4,6,8-9,11-18H2,1-3H3,(H,28,32)/t21-,22-,25?/m0/s1. The van der Waals surface area contributed by atoms with Crippen molar-refractivity contribution < 1.29 is 23.5 Å². The average molecular weight is 503 g/mol. The summed E-state index contributed by atoms with van der Waals surface area (Å²) in [5.74, 6) is 1.11. The van der Waals surface area contributed by atoms with Crippen molar-refractivity contribution in [2.45, 2.75) is 65.1 Å². The molecular formula is C27H42N4O5. The molecule has 0 aromatic carbocycles. The number of rotatable bonds is 8. The number of nitrogens with one attached hydrogen (secondary N) is 1. The summed E-state index contributed by atoms with van der Waals surface area (Å²) in [5.41, 5.74) is 0. The third-order valence-corrected chi connectivity index (χ3v) is 7.54. The Morgan fingerprint density at radius 3 is 2.56 bits per heavy atom. The van der Waals surface area contributed by atoms with Gasteiger partial charge >= 0.3 is 0 Å². The molecule has 3 saturated heterocycles. The quantitative estimate of drug-likeness (QED) is 0.587. The van der Waals surface area contributed by atoms with Gasteiger partial charge in [0.1, 0.15) is 12.2 Å². The molecule has 200 valence electrons. The van der Waals surface area contributed by atoms with Crippen LogP contribution in [0.25, 0.3) is 0 Å². The van der Waals surface area contributed by atoms with Crippen LogP contribution in [0.15, 0.2) is 22.8 Å². The highest BCUT2D eigenvalue weighted by atomic mass is 16.5. The Bertz CT molecular complexity index is 883. The van der Waals surface area contributed by atoms with Crippen molar-refractivity contribution in [3.05, 3.63) is 24.2 Å². The summed E-state index contributed by atoms with van der Waals surface area (Å²) in [6.45, 7) is 11.1. The fourth-order valence-corrected chi connectivity index (χ4v) is 5.95. The van der Waals surface area contributed by atoms with Gasteiger partial charge in [-0.25, -0.2) is 0 Å². The van der Waals surface area contributed by atoms with Crippen molar-refractivity contribution in [3.63, 3.8) is 0 Å². The maximum Gasteiger partial charge on any atom is 0.291 e. The van der Waals surface area contributed by atoms with E-state index in [0.717, 1.165) is 45.6 Å². The van der Waals surface area contributed by atoms with Gasteiger partial charge in [0, 0.05) is 45.8 Å². The molecule has 3 atom stereocenters. The lowest BCUT2D eigenvalue weighted by atomic mass is 9.95. The lowest BCUT2D eigenvalue weighted by Gasteiger charge is -2.46. The van der Waals surface area contributed by atoms with E-state index < -0.39 is 12.2 Å². The number of amides is 3. The lowest BCUT2D eigenvalue weighted by Crippen LogP contribution is -2.68. The van der Waals surface area contributed by atoms with Crippen molar-refractivity contribution in [3.8, 4) is 0 Å². The third kappa shape index (κ3) is 6.48. The topological polar surface area (TPSA) is 95.3 Å². The highest BCUT2D eigenvalue weighted by molar-refractivity contribution is 5.95. The molecule has 3 amide bonds. The summed E-state index contributed by atoms with van der Waals surface area (Å²) < 4.78 is 11.0. The number of ether oxygens (including phenoxy) is 1. The van der Waals surface area contributed by atoms with E-state index in [0.29, 0.717) is 43.7 Å². The van der Waals surface area contributed by atoms with Crippen LogP contribution < -0.4 is 5.32 Å². The van der Waals surface area contributed by atoms with E-state index in [1.165, 1.54) is 6.26 Å². The number of furan rings is 1. The predicted molar refractivity (Wildman–Crippen MR) is 135 cm³/mol. The van der Waals surface area contributed by atoms with E-state index in [-0.39, 0.29) is 30.0 Å². The number of carbonyl (C=O) groups is 3. The molecule has 0 aliphatic carbocycles. The number of carbonyl (C=O) groups excluding carboxylic acids is 3. The highest BCUT2D eigenvalue weighted by Gasteiger charge is 2.46. The fraction of sp³-hybridized carbons (Fsp3) is 0.741. The molecule has 4 rings (SSSR count). The molecule has 0 radical (unpaired) electrons. The largest absolute Gasteiger partial charge is 0.459 e. The van der Waals surface area contributed by atoms with Crippen molar-refractivity contribution in [2.24, 2.45) is 17.8 Å². The highest BCUT2D eigenvalue weighted by Crippen LogP contribution is 2.29. The molecule has 9 nitrogen and oxygen atoms in total. The smallest absolute Gasteiger partial charge is 0.291 e. The Morgan fingerprint density at radius 1 is 1.11 bits per heavy atom. The summed E-state index contributed by atoms with van der Waals surface area (Å²) in [6.07, 6.45) is 5.23. The van der Waals surface area contributed by atoms with Crippen molar-refractivity contribution in [1.82, 2.24) is 20.0 Å². The Hall–Kier alpha value is -2.39. The van der Waals surface area contributed by atoms with Crippen LogP contribution >= 0.6 is 0 Å². The summed E-state index contributed by atoms with van der Waals surface area (Å²) in [6, 6.07) is 2.61. The molecule has 1 N–H and O–H groups in total. The molecule has 1 aromatic rings. The van der Waals surface area contributed by atoms with Gasteiger partial charge in [0.15, 0.2) is 5.76 Å².